The summed E-state index contributed by atoms with van der Waals surface area (Å²) >= 11 is 0. The van der Waals surface area contributed by atoms with Gasteiger partial charge in [0.1, 0.15) is 11.6 Å². The van der Waals surface area contributed by atoms with Gasteiger partial charge in [0, 0.05) is 13.1 Å². The monoisotopic (exact) mass is 257 g/mol. The number of pyridine rings is 1. The van der Waals surface area contributed by atoms with Gasteiger partial charge in [0.15, 0.2) is 0 Å². The predicted octanol–water partition coefficient (Wildman–Crippen LogP) is 2.87. The summed E-state index contributed by atoms with van der Waals surface area (Å²) in [7, 11) is 0. The lowest BCUT2D eigenvalue weighted by Gasteiger charge is -2.07. The number of aromatic nitrogens is 1. The Morgan fingerprint density at radius 3 is 2.47 bits per heavy atom. The third kappa shape index (κ3) is 4.17. The lowest BCUT2D eigenvalue weighted by atomic mass is 10.1. The molecule has 2 rings (SSSR count). The van der Waals surface area contributed by atoms with E-state index in [1.807, 2.05) is 30.5 Å². The molecule has 2 aromatic rings. The summed E-state index contributed by atoms with van der Waals surface area (Å²) in [6.45, 7) is 3.78. The van der Waals surface area contributed by atoms with Crippen LogP contribution < -0.4 is 10.6 Å². The molecule has 0 aliphatic heterocycles. The molecule has 0 saturated carbocycles. The van der Waals surface area contributed by atoms with E-state index in [4.69, 9.17) is 0 Å². The summed E-state index contributed by atoms with van der Waals surface area (Å²) in [5.41, 5.74) is 2.22. The standard InChI is InChI=1S/C15H19N3O/c1-2-16-13-5-8-15(18-11-13)17-10-9-12-3-6-14(19)7-4-12/h3-8,11,16,19H,2,9-10H2,1H3,(H,17,18). The van der Waals surface area contributed by atoms with Gasteiger partial charge in [-0.25, -0.2) is 4.98 Å². The number of benzene rings is 1. The fourth-order valence-corrected chi connectivity index (χ4v) is 1.80. The van der Waals surface area contributed by atoms with Crippen LogP contribution in [0.15, 0.2) is 42.6 Å². The van der Waals surface area contributed by atoms with E-state index in [1.165, 1.54) is 5.56 Å². The normalized spacial score (nSPS) is 10.2. The Morgan fingerprint density at radius 1 is 1.05 bits per heavy atom. The number of rotatable bonds is 6. The third-order valence-electron chi connectivity index (χ3n) is 2.80. The molecule has 100 valence electrons. The van der Waals surface area contributed by atoms with E-state index < -0.39 is 0 Å². The highest BCUT2D eigenvalue weighted by Gasteiger charge is 1.96. The molecule has 0 fully saturated rings. The van der Waals surface area contributed by atoms with Crippen molar-refractivity contribution in [2.45, 2.75) is 13.3 Å². The third-order valence-corrected chi connectivity index (χ3v) is 2.80. The number of phenolic OH excluding ortho intramolecular Hbond substituents is 1. The minimum atomic E-state index is 0.303. The van der Waals surface area contributed by atoms with Crippen molar-refractivity contribution in [1.82, 2.24) is 4.98 Å². The van der Waals surface area contributed by atoms with Crippen molar-refractivity contribution >= 4 is 11.5 Å². The lowest BCUT2D eigenvalue weighted by Crippen LogP contribution is -2.06. The highest BCUT2D eigenvalue weighted by atomic mass is 16.3. The maximum absolute atomic E-state index is 9.20. The largest absolute Gasteiger partial charge is 0.508 e. The van der Waals surface area contributed by atoms with Crippen molar-refractivity contribution in [3.05, 3.63) is 48.2 Å². The molecular weight excluding hydrogens is 238 g/mol. The Bertz CT molecular complexity index is 494. The molecule has 0 radical (unpaired) electrons. The van der Waals surface area contributed by atoms with Crippen LogP contribution in [0.3, 0.4) is 0 Å². The predicted molar refractivity (Wildman–Crippen MR) is 78.7 cm³/mol. The van der Waals surface area contributed by atoms with Crippen LogP contribution in [0.4, 0.5) is 11.5 Å². The fourth-order valence-electron chi connectivity index (χ4n) is 1.80. The second-order valence-corrected chi connectivity index (χ2v) is 4.31. The molecule has 4 heteroatoms. The number of nitrogens with one attached hydrogen (secondary N) is 2. The Labute approximate surface area is 113 Å². The van der Waals surface area contributed by atoms with Crippen LogP contribution in [-0.2, 0) is 6.42 Å². The van der Waals surface area contributed by atoms with E-state index >= 15 is 0 Å². The Hall–Kier alpha value is -2.23. The van der Waals surface area contributed by atoms with Crippen LogP contribution in [0, 0.1) is 0 Å². The molecule has 1 aromatic carbocycles. The van der Waals surface area contributed by atoms with Crippen LogP contribution in [0.2, 0.25) is 0 Å². The van der Waals surface area contributed by atoms with Gasteiger partial charge in [-0.2, -0.15) is 0 Å². The first-order valence-electron chi connectivity index (χ1n) is 6.49. The van der Waals surface area contributed by atoms with Gasteiger partial charge >= 0.3 is 0 Å². The molecule has 0 amide bonds. The quantitative estimate of drug-likeness (QED) is 0.745. The summed E-state index contributed by atoms with van der Waals surface area (Å²) in [5, 5.41) is 15.7. The first kappa shape index (κ1) is 13.2. The molecule has 0 spiro atoms. The summed E-state index contributed by atoms with van der Waals surface area (Å²) in [5.74, 6) is 1.18. The van der Waals surface area contributed by atoms with Crippen LogP contribution in [-0.4, -0.2) is 23.2 Å². The van der Waals surface area contributed by atoms with Gasteiger partial charge in [-0.15, -0.1) is 0 Å². The van der Waals surface area contributed by atoms with Gasteiger partial charge in [0.05, 0.1) is 11.9 Å². The van der Waals surface area contributed by atoms with Crippen molar-refractivity contribution in [1.29, 1.82) is 0 Å². The molecule has 4 nitrogen and oxygen atoms in total. The molecule has 0 bridgehead atoms. The van der Waals surface area contributed by atoms with Gasteiger partial charge < -0.3 is 15.7 Å². The lowest BCUT2D eigenvalue weighted by molar-refractivity contribution is 0.475. The van der Waals surface area contributed by atoms with Gasteiger partial charge in [-0.1, -0.05) is 12.1 Å². The minimum Gasteiger partial charge on any atom is -0.508 e. The molecule has 0 unspecified atom stereocenters. The van der Waals surface area contributed by atoms with Crippen molar-refractivity contribution in [3.63, 3.8) is 0 Å². The highest BCUT2D eigenvalue weighted by Crippen LogP contribution is 2.11. The first-order valence-corrected chi connectivity index (χ1v) is 6.49. The van der Waals surface area contributed by atoms with Crippen molar-refractivity contribution < 1.29 is 5.11 Å². The second kappa shape index (κ2) is 6.64. The van der Waals surface area contributed by atoms with E-state index in [9.17, 15) is 5.11 Å². The number of phenols is 1. The zero-order chi connectivity index (χ0) is 13.5. The van der Waals surface area contributed by atoms with Gasteiger partial charge in [-0.05, 0) is 43.2 Å². The van der Waals surface area contributed by atoms with Crippen LogP contribution >= 0.6 is 0 Å². The SMILES string of the molecule is CCNc1ccc(NCCc2ccc(O)cc2)nc1. The highest BCUT2D eigenvalue weighted by molar-refractivity contribution is 5.47. The molecule has 1 aromatic heterocycles. The molecule has 0 atom stereocenters. The summed E-state index contributed by atoms with van der Waals surface area (Å²) in [6.07, 6.45) is 2.73. The zero-order valence-corrected chi connectivity index (χ0v) is 11.1. The molecule has 19 heavy (non-hydrogen) atoms. The van der Waals surface area contributed by atoms with Gasteiger partial charge in [0.25, 0.3) is 0 Å². The van der Waals surface area contributed by atoms with E-state index in [-0.39, 0.29) is 0 Å². The van der Waals surface area contributed by atoms with Crippen molar-refractivity contribution in [2.24, 2.45) is 0 Å². The van der Waals surface area contributed by atoms with E-state index in [0.29, 0.717) is 5.75 Å². The first-order chi connectivity index (χ1) is 9.28. The summed E-state index contributed by atoms with van der Waals surface area (Å²) in [6, 6.07) is 11.3. The Kier molecular flexibility index (Phi) is 4.61. The van der Waals surface area contributed by atoms with Crippen LogP contribution in [0.1, 0.15) is 12.5 Å². The van der Waals surface area contributed by atoms with Crippen molar-refractivity contribution in [2.75, 3.05) is 23.7 Å². The van der Waals surface area contributed by atoms with E-state index in [1.54, 1.807) is 12.1 Å². The minimum absolute atomic E-state index is 0.303. The molecule has 0 aliphatic rings. The number of nitrogens with zero attached hydrogens (tertiary/aromatic N) is 1. The molecular formula is C15H19N3O. The average Bonchev–Trinajstić information content (AvgIpc) is 2.43. The molecule has 1 heterocycles. The van der Waals surface area contributed by atoms with Crippen LogP contribution in [0.25, 0.3) is 0 Å². The van der Waals surface area contributed by atoms with E-state index in [2.05, 4.69) is 22.5 Å². The number of aromatic hydroxyl groups is 1. The Morgan fingerprint density at radius 2 is 1.84 bits per heavy atom. The summed E-state index contributed by atoms with van der Waals surface area (Å²) < 4.78 is 0. The van der Waals surface area contributed by atoms with Gasteiger partial charge in [-0.3, -0.25) is 0 Å². The Balaban J connectivity index is 1.80. The number of hydrogen-bond acceptors (Lipinski definition) is 4. The summed E-state index contributed by atoms with van der Waals surface area (Å²) in [4.78, 5) is 4.33. The zero-order valence-electron chi connectivity index (χ0n) is 11.1. The van der Waals surface area contributed by atoms with Crippen LogP contribution in [0.5, 0.6) is 5.75 Å². The average molecular weight is 257 g/mol. The maximum Gasteiger partial charge on any atom is 0.126 e. The molecule has 3 N–H and O–H groups in total. The van der Waals surface area contributed by atoms with E-state index in [0.717, 1.165) is 31.0 Å². The smallest absolute Gasteiger partial charge is 0.126 e. The maximum atomic E-state index is 9.20. The fraction of sp³-hybridized carbons (Fsp3) is 0.267. The van der Waals surface area contributed by atoms with Crippen molar-refractivity contribution in [3.8, 4) is 5.75 Å². The number of hydrogen-bond donors (Lipinski definition) is 3. The topological polar surface area (TPSA) is 57.2 Å². The number of anilines is 2. The second-order valence-electron chi connectivity index (χ2n) is 4.31. The van der Waals surface area contributed by atoms with Gasteiger partial charge in [0.2, 0.25) is 0 Å². The molecule has 0 aliphatic carbocycles. The molecule has 0 saturated heterocycles.